The lowest BCUT2D eigenvalue weighted by Crippen LogP contribution is -2.26. The zero-order valence-electron chi connectivity index (χ0n) is 13.1. The van der Waals surface area contributed by atoms with Gasteiger partial charge in [0, 0.05) is 16.9 Å². The van der Waals surface area contributed by atoms with E-state index in [1.807, 2.05) is 44.2 Å². The number of carbonyl (C=O) groups excluding carboxylic acids is 2. The van der Waals surface area contributed by atoms with Crippen LogP contribution in [0.15, 0.2) is 53.0 Å². The lowest BCUT2D eigenvalue weighted by molar-refractivity contribution is -0.118. The quantitative estimate of drug-likeness (QED) is 0.831. The summed E-state index contributed by atoms with van der Waals surface area (Å²) in [6.45, 7) is 4.05. The molecule has 0 atom stereocenters. The fraction of sp³-hybridized carbons (Fsp3) is 0.222. The van der Waals surface area contributed by atoms with E-state index in [0.717, 1.165) is 10.0 Å². The molecule has 0 spiro atoms. The molecule has 0 radical (unpaired) electrons. The number of benzene rings is 2. The largest absolute Gasteiger partial charge is 0.348 e. The minimum atomic E-state index is -0.228. The first-order chi connectivity index (χ1) is 11.0. The van der Waals surface area contributed by atoms with Gasteiger partial charge >= 0.3 is 0 Å². The number of amides is 2. The summed E-state index contributed by atoms with van der Waals surface area (Å²) in [5, 5.41) is 5.67. The lowest BCUT2D eigenvalue weighted by atomic mass is 10.1. The molecule has 0 fully saturated rings. The van der Waals surface area contributed by atoms with Crippen LogP contribution in [0, 0.1) is 5.92 Å². The fourth-order valence-electron chi connectivity index (χ4n) is 1.96. The van der Waals surface area contributed by atoms with E-state index in [1.54, 1.807) is 18.2 Å². The number of carbonyl (C=O) groups is 2. The molecule has 0 bridgehead atoms. The maximum absolute atomic E-state index is 12.5. The van der Waals surface area contributed by atoms with Gasteiger partial charge in [-0.3, -0.25) is 9.59 Å². The average Bonchev–Trinajstić information content (AvgIpc) is 2.55. The van der Waals surface area contributed by atoms with Gasteiger partial charge in [-0.15, -0.1) is 0 Å². The first-order valence-corrected chi connectivity index (χ1v) is 8.19. The first-order valence-electron chi connectivity index (χ1n) is 7.40. The smallest absolute Gasteiger partial charge is 0.253 e. The van der Waals surface area contributed by atoms with Crippen LogP contribution >= 0.6 is 15.9 Å². The Labute approximate surface area is 144 Å². The van der Waals surface area contributed by atoms with Gasteiger partial charge in [-0.05, 0) is 23.8 Å². The van der Waals surface area contributed by atoms with Crippen molar-refractivity contribution in [3.8, 4) is 0 Å². The van der Waals surface area contributed by atoms with Gasteiger partial charge in [0.05, 0.1) is 11.3 Å². The molecule has 23 heavy (non-hydrogen) atoms. The molecule has 0 aliphatic rings. The molecule has 2 N–H and O–H groups in total. The molecule has 4 nitrogen and oxygen atoms in total. The van der Waals surface area contributed by atoms with E-state index < -0.39 is 0 Å². The van der Waals surface area contributed by atoms with Crippen LogP contribution in [-0.2, 0) is 11.3 Å². The van der Waals surface area contributed by atoms with E-state index in [-0.39, 0.29) is 17.7 Å². The Bertz CT molecular complexity index is 699. The maximum Gasteiger partial charge on any atom is 0.253 e. The summed E-state index contributed by atoms with van der Waals surface area (Å²) < 4.78 is 0.782. The Kier molecular flexibility index (Phi) is 5.93. The summed E-state index contributed by atoms with van der Waals surface area (Å²) >= 11 is 3.36. The van der Waals surface area contributed by atoms with Crippen LogP contribution in [-0.4, -0.2) is 11.8 Å². The summed E-state index contributed by atoms with van der Waals surface area (Å²) in [5.41, 5.74) is 1.96. The molecule has 0 unspecified atom stereocenters. The minimum Gasteiger partial charge on any atom is -0.348 e. The molecule has 5 heteroatoms. The van der Waals surface area contributed by atoms with Crippen LogP contribution in [0.4, 0.5) is 5.69 Å². The summed E-state index contributed by atoms with van der Waals surface area (Å²) in [5.74, 6) is -0.502. The lowest BCUT2D eigenvalue weighted by Gasteiger charge is -2.13. The van der Waals surface area contributed by atoms with Crippen LogP contribution in [0.3, 0.4) is 0 Å². The number of halogens is 1. The highest BCUT2D eigenvalue weighted by Gasteiger charge is 2.15. The first kappa shape index (κ1) is 17.2. The van der Waals surface area contributed by atoms with Crippen molar-refractivity contribution >= 4 is 33.4 Å². The molecule has 2 rings (SSSR count). The summed E-state index contributed by atoms with van der Waals surface area (Å²) in [6, 6.07) is 14.9. The van der Waals surface area contributed by atoms with Gasteiger partial charge in [0.1, 0.15) is 0 Å². The molecule has 2 aromatic carbocycles. The predicted octanol–water partition coefficient (Wildman–Crippen LogP) is 3.97. The molecule has 2 aromatic rings. The van der Waals surface area contributed by atoms with E-state index >= 15 is 0 Å². The molecule has 0 saturated carbocycles. The van der Waals surface area contributed by atoms with Crippen LogP contribution in [0.25, 0.3) is 0 Å². The monoisotopic (exact) mass is 374 g/mol. The normalized spacial score (nSPS) is 10.4. The van der Waals surface area contributed by atoms with Crippen molar-refractivity contribution in [3.63, 3.8) is 0 Å². The molecule has 0 aliphatic carbocycles. The van der Waals surface area contributed by atoms with Crippen molar-refractivity contribution in [2.75, 3.05) is 5.32 Å². The topological polar surface area (TPSA) is 58.2 Å². The molecule has 2 amide bonds. The molecule has 0 aliphatic heterocycles. The van der Waals surface area contributed by atoms with E-state index in [4.69, 9.17) is 0 Å². The number of rotatable bonds is 5. The van der Waals surface area contributed by atoms with Gasteiger partial charge in [0.2, 0.25) is 5.91 Å². The highest BCUT2D eigenvalue weighted by atomic mass is 79.9. The second-order valence-corrected chi connectivity index (χ2v) is 6.42. The Morgan fingerprint density at radius 2 is 1.78 bits per heavy atom. The maximum atomic E-state index is 12.5. The number of hydrogen-bond acceptors (Lipinski definition) is 2. The Balaban J connectivity index is 2.15. The van der Waals surface area contributed by atoms with Crippen molar-refractivity contribution in [1.82, 2.24) is 5.32 Å². The zero-order valence-corrected chi connectivity index (χ0v) is 14.7. The molecular formula is C18H19BrN2O2. The van der Waals surface area contributed by atoms with Crippen molar-refractivity contribution < 1.29 is 9.59 Å². The number of nitrogens with one attached hydrogen (secondary N) is 2. The van der Waals surface area contributed by atoms with Crippen LogP contribution < -0.4 is 10.6 Å². The van der Waals surface area contributed by atoms with E-state index in [2.05, 4.69) is 26.6 Å². The second-order valence-electron chi connectivity index (χ2n) is 5.50. The minimum absolute atomic E-state index is 0.121. The van der Waals surface area contributed by atoms with Crippen molar-refractivity contribution in [1.29, 1.82) is 0 Å². The summed E-state index contributed by atoms with van der Waals surface area (Å²) in [6.07, 6.45) is 0. The predicted molar refractivity (Wildman–Crippen MR) is 95.2 cm³/mol. The summed E-state index contributed by atoms with van der Waals surface area (Å²) in [7, 11) is 0. The number of anilines is 1. The standard InChI is InChI=1S/C18H19BrN2O2/c1-12(2)17(22)21-16-9-8-14(19)10-15(16)18(23)20-11-13-6-4-3-5-7-13/h3-10,12H,11H2,1-2H3,(H,20,23)(H,21,22). The van der Waals surface area contributed by atoms with Crippen molar-refractivity contribution in [2.24, 2.45) is 5.92 Å². The Morgan fingerprint density at radius 1 is 1.09 bits per heavy atom. The van der Waals surface area contributed by atoms with Gasteiger partial charge in [0.15, 0.2) is 0 Å². The third kappa shape index (κ3) is 4.93. The molecule has 0 heterocycles. The molecule has 0 saturated heterocycles. The third-order valence-corrected chi connectivity index (χ3v) is 3.80. The summed E-state index contributed by atoms with van der Waals surface area (Å²) in [4.78, 5) is 24.4. The van der Waals surface area contributed by atoms with Gasteiger partial charge in [0.25, 0.3) is 5.91 Å². The average molecular weight is 375 g/mol. The van der Waals surface area contributed by atoms with E-state index in [1.165, 1.54) is 0 Å². The van der Waals surface area contributed by atoms with Crippen LogP contribution in [0.2, 0.25) is 0 Å². The highest BCUT2D eigenvalue weighted by Crippen LogP contribution is 2.22. The van der Waals surface area contributed by atoms with Gasteiger partial charge in [-0.25, -0.2) is 0 Å². The number of hydrogen-bond donors (Lipinski definition) is 2. The van der Waals surface area contributed by atoms with Gasteiger partial charge < -0.3 is 10.6 Å². The van der Waals surface area contributed by atoms with E-state index in [0.29, 0.717) is 17.8 Å². The highest BCUT2D eigenvalue weighted by molar-refractivity contribution is 9.10. The van der Waals surface area contributed by atoms with Crippen LogP contribution in [0.1, 0.15) is 29.8 Å². The molecule has 0 aromatic heterocycles. The van der Waals surface area contributed by atoms with Crippen molar-refractivity contribution in [2.45, 2.75) is 20.4 Å². The fourth-order valence-corrected chi connectivity index (χ4v) is 2.32. The Hall–Kier alpha value is -2.14. The SMILES string of the molecule is CC(C)C(=O)Nc1ccc(Br)cc1C(=O)NCc1ccccc1. The zero-order chi connectivity index (χ0) is 16.8. The van der Waals surface area contributed by atoms with Crippen molar-refractivity contribution in [3.05, 3.63) is 64.1 Å². The second kappa shape index (κ2) is 7.92. The van der Waals surface area contributed by atoms with Gasteiger partial charge in [-0.2, -0.15) is 0 Å². The van der Waals surface area contributed by atoms with E-state index in [9.17, 15) is 9.59 Å². The van der Waals surface area contributed by atoms with Crippen LogP contribution in [0.5, 0.6) is 0 Å². The third-order valence-electron chi connectivity index (χ3n) is 3.30. The van der Waals surface area contributed by atoms with Gasteiger partial charge in [-0.1, -0.05) is 60.1 Å². The Morgan fingerprint density at radius 3 is 2.43 bits per heavy atom. The molecular weight excluding hydrogens is 356 g/mol. The molecule has 120 valence electrons.